The van der Waals surface area contributed by atoms with E-state index in [9.17, 15) is 4.79 Å². The Morgan fingerprint density at radius 2 is 1.96 bits per heavy atom. The van der Waals surface area contributed by atoms with E-state index < -0.39 is 0 Å². The predicted octanol–water partition coefficient (Wildman–Crippen LogP) is 1.07. The second kappa shape index (κ2) is 6.71. The molecule has 0 spiro atoms. The molecule has 2 bridgehead atoms. The van der Waals surface area contributed by atoms with Gasteiger partial charge in [0.05, 0.1) is 11.6 Å². The first-order valence-corrected chi connectivity index (χ1v) is 9.10. The van der Waals surface area contributed by atoms with Crippen molar-refractivity contribution >= 4 is 16.8 Å². The fourth-order valence-electron chi connectivity index (χ4n) is 4.44. The van der Waals surface area contributed by atoms with E-state index in [1.807, 2.05) is 24.3 Å². The van der Waals surface area contributed by atoms with E-state index in [2.05, 4.69) is 40.4 Å². The van der Waals surface area contributed by atoms with Crippen molar-refractivity contribution in [2.75, 3.05) is 27.2 Å². The molecule has 7 heteroatoms. The van der Waals surface area contributed by atoms with Crippen molar-refractivity contribution in [2.24, 2.45) is 0 Å². The molecular weight excluding hydrogens is 328 g/mol. The zero-order chi connectivity index (χ0) is 18.3. The molecule has 3 atom stereocenters. The summed E-state index contributed by atoms with van der Waals surface area (Å²) in [6.07, 6.45) is 1.92. The number of amides is 1. The molecule has 0 saturated carbocycles. The van der Waals surface area contributed by atoms with E-state index >= 15 is 0 Å². The predicted molar refractivity (Wildman–Crippen MR) is 98.7 cm³/mol. The third-order valence-corrected chi connectivity index (χ3v) is 5.74. The molecule has 2 aliphatic heterocycles. The van der Waals surface area contributed by atoms with Crippen LogP contribution in [-0.2, 0) is 6.54 Å². The molecular formula is C19H24N6O. The highest BCUT2D eigenvalue weighted by Gasteiger charge is 2.38. The first kappa shape index (κ1) is 17.0. The molecule has 2 saturated heterocycles. The summed E-state index contributed by atoms with van der Waals surface area (Å²) in [5.41, 5.74) is 1.23. The van der Waals surface area contributed by atoms with Crippen LogP contribution in [0.15, 0.2) is 24.3 Å². The minimum absolute atomic E-state index is 0.137. The number of aromatic nitrogens is 2. The molecule has 0 aliphatic carbocycles. The molecule has 1 unspecified atom stereocenters. The number of fused-ring (bicyclic) bond motifs is 3. The van der Waals surface area contributed by atoms with Crippen molar-refractivity contribution in [3.63, 3.8) is 0 Å². The van der Waals surface area contributed by atoms with E-state index in [1.165, 1.54) is 0 Å². The van der Waals surface area contributed by atoms with Gasteiger partial charge in [-0.1, -0.05) is 18.2 Å². The lowest BCUT2D eigenvalue weighted by molar-refractivity contribution is 0.00837. The Kier molecular flexibility index (Phi) is 4.39. The molecule has 1 aromatic heterocycles. The van der Waals surface area contributed by atoms with Gasteiger partial charge in [-0.05, 0) is 33.0 Å². The van der Waals surface area contributed by atoms with E-state index in [0.717, 1.165) is 36.8 Å². The maximum Gasteiger partial charge on any atom is 0.272 e. The van der Waals surface area contributed by atoms with E-state index in [0.29, 0.717) is 17.8 Å². The van der Waals surface area contributed by atoms with Crippen molar-refractivity contribution in [3.8, 4) is 6.07 Å². The fourth-order valence-corrected chi connectivity index (χ4v) is 4.44. The highest BCUT2D eigenvalue weighted by Crippen LogP contribution is 2.27. The summed E-state index contributed by atoms with van der Waals surface area (Å²) in [6, 6.07) is 10.8. The molecule has 4 rings (SSSR count). The first-order valence-electron chi connectivity index (χ1n) is 9.10. The van der Waals surface area contributed by atoms with Crippen LogP contribution in [0.25, 0.3) is 10.9 Å². The van der Waals surface area contributed by atoms with E-state index in [1.54, 1.807) is 4.68 Å². The van der Waals surface area contributed by atoms with Crippen LogP contribution in [0, 0.1) is 11.3 Å². The van der Waals surface area contributed by atoms with Crippen molar-refractivity contribution in [2.45, 2.75) is 37.5 Å². The monoisotopic (exact) mass is 352 g/mol. The highest BCUT2D eigenvalue weighted by molar-refractivity contribution is 6.05. The largest absolute Gasteiger partial charge is 0.348 e. The number of likely N-dealkylation sites (tertiary alicyclic amines) is 1. The molecule has 136 valence electrons. The van der Waals surface area contributed by atoms with Gasteiger partial charge in [-0.15, -0.1) is 0 Å². The van der Waals surface area contributed by atoms with Gasteiger partial charge < -0.3 is 10.2 Å². The number of carbonyl (C=O) groups excluding carboxylic acids is 1. The normalized spacial score (nSPS) is 26.6. The van der Waals surface area contributed by atoms with Crippen molar-refractivity contribution < 1.29 is 4.79 Å². The second-order valence-corrected chi connectivity index (χ2v) is 7.52. The average Bonchev–Trinajstić information content (AvgIpc) is 2.96. The number of hydrogen-bond acceptors (Lipinski definition) is 5. The zero-order valence-electron chi connectivity index (χ0n) is 15.2. The summed E-state index contributed by atoms with van der Waals surface area (Å²) in [5, 5.41) is 17.4. The SMILES string of the molecule is CN1C[C@H]2CC(NC(=O)c3nn(CC#N)c4ccccc34)C[C@@H](C1)N2C. The summed E-state index contributed by atoms with van der Waals surface area (Å²) >= 11 is 0. The third-order valence-electron chi connectivity index (χ3n) is 5.74. The molecule has 1 N–H and O–H groups in total. The van der Waals surface area contributed by atoms with Crippen molar-refractivity contribution in [1.29, 1.82) is 5.26 Å². The van der Waals surface area contributed by atoms with Crippen LogP contribution in [0.1, 0.15) is 23.3 Å². The number of benzene rings is 1. The maximum atomic E-state index is 12.9. The summed E-state index contributed by atoms with van der Waals surface area (Å²) in [6.45, 7) is 2.22. The number of hydrogen-bond donors (Lipinski definition) is 1. The van der Waals surface area contributed by atoms with Gasteiger partial charge in [-0.3, -0.25) is 9.69 Å². The lowest BCUT2D eigenvalue weighted by Crippen LogP contribution is -2.63. The number of piperidine rings is 1. The Bertz CT molecular complexity index is 853. The lowest BCUT2D eigenvalue weighted by Gasteiger charge is -2.50. The fraction of sp³-hybridized carbons (Fsp3) is 0.526. The van der Waals surface area contributed by atoms with Crippen LogP contribution in [0.3, 0.4) is 0 Å². The Morgan fingerprint density at radius 3 is 2.65 bits per heavy atom. The number of nitrogens with one attached hydrogen (secondary N) is 1. The Morgan fingerprint density at radius 1 is 1.27 bits per heavy atom. The quantitative estimate of drug-likeness (QED) is 0.894. The van der Waals surface area contributed by atoms with Gasteiger partial charge in [0.1, 0.15) is 6.54 Å². The molecule has 1 aromatic carbocycles. The minimum Gasteiger partial charge on any atom is -0.348 e. The van der Waals surface area contributed by atoms with Gasteiger partial charge in [-0.25, -0.2) is 4.68 Å². The number of para-hydroxylation sites is 1. The lowest BCUT2D eigenvalue weighted by atomic mass is 9.88. The van der Waals surface area contributed by atoms with Crippen LogP contribution < -0.4 is 5.32 Å². The molecule has 0 radical (unpaired) electrons. The van der Waals surface area contributed by atoms with Gasteiger partial charge >= 0.3 is 0 Å². The number of carbonyl (C=O) groups is 1. The Labute approximate surface area is 153 Å². The minimum atomic E-state index is -0.140. The third kappa shape index (κ3) is 2.96. The molecule has 3 heterocycles. The van der Waals surface area contributed by atoms with Crippen LogP contribution in [-0.4, -0.2) is 70.8 Å². The smallest absolute Gasteiger partial charge is 0.272 e. The van der Waals surface area contributed by atoms with Gasteiger partial charge in [0.2, 0.25) is 0 Å². The highest BCUT2D eigenvalue weighted by atomic mass is 16.2. The molecule has 2 aromatic rings. The van der Waals surface area contributed by atoms with Crippen LogP contribution >= 0.6 is 0 Å². The van der Waals surface area contributed by atoms with Gasteiger partial charge in [-0.2, -0.15) is 10.4 Å². The standard InChI is InChI=1S/C19H24N6O/c1-23-11-14-9-13(10-15(12-23)24(14)2)21-19(26)18-16-5-3-4-6-17(16)25(22-18)8-7-20/h3-6,13-15H,8-12H2,1-2H3,(H,21,26)/t13?,14-,15+. The zero-order valence-corrected chi connectivity index (χ0v) is 15.2. The number of nitriles is 1. The summed E-state index contributed by atoms with van der Waals surface area (Å²) in [5.74, 6) is -0.140. The number of likely N-dealkylation sites (N-methyl/N-ethyl adjacent to an activating group) is 2. The van der Waals surface area contributed by atoms with Gasteiger partial charge in [0.25, 0.3) is 5.91 Å². The Hall–Kier alpha value is -2.43. The molecule has 2 aliphatic rings. The average molecular weight is 352 g/mol. The van der Waals surface area contributed by atoms with Crippen molar-refractivity contribution in [3.05, 3.63) is 30.0 Å². The topological polar surface area (TPSA) is 77.2 Å². The first-order chi connectivity index (χ1) is 12.6. The number of nitrogens with zero attached hydrogens (tertiary/aromatic N) is 5. The summed E-state index contributed by atoms with van der Waals surface area (Å²) < 4.78 is 1.60. The maximum absolute atomic E-state index is 12.9. The summed E-state index contributed by atoms with van der Waals surface area (Å²) in [4.78, 5) is 17.8. The molecule has 1 amide bonds. The molecule has 7 nitrogen and oxygen atoms in total. The van der Waals surface area contributed by atoms with E-state index in [-0.39, 0.29) is 18.5 Å². The van der Waals surface area contributed by atoms with Crippen LogP contribution in [0.5, 0.6) is 0 Å². The van der Waals surface area contributed by atoms with Gasteiger partial charge in [0, 0.05) is 36.6 Å². The summed E-state index contributed by atoms with van der Waals surface area (Å²) in [7, 11) is 4.36. The van der Waals surface area contributed by atoms with Crippen molar-refractivity contribution in [1.82, 2.24) is 24.9 Å². The van der Waals surface area contributed by atoms with Crippen LogP contribution in [0.2, 0.25) is 0 Å². The second-order valence-electron chi connectivity index (χ2n) is 7.52. The molecule has 2 fully saturated rings. The van der Waals surface area contributed by atoms with Crippen LogP contribution in [0.4, 0.5) is 0 Å². The Balaban J connectivity index is 1.54. The number of piperazine rings is 1. The van der Waals surface area contributed by atoms with E-state index in [4.69, 9.17) is 5.26 Å². The van der Waals surface area contributed by atoms with Gasteiger partial charge in [0.15, 0.2) is 5.69 Å². The number of rotatable bonds is 3. The molecule has 26 heavy (non-hydrogen) atoms.